The molecule has 0 N–H and O–H groups in total. The summed E-state index contributed by atoms with van der Waals surface area (Å²) in [5, 5.41) is 0. The van der Waals surface area contributed by atoms with E-state index in [1.54, 1.807) is 0 Å². The molecule has 0 radical (unpaired) electrons. The Bertz CT molecular complexity index is 237. The van der Waals surface area contributed by atoms with E-state index in [0.717, 1.165) is 11.8 Å². The Morgan fingerprint density at radius 1 is 0.647 bits per heavy atom. The highest BCUT2D eigenvalue weighted by Crippen LogP contribution is 2.47. The van der Waals surface area contributed by atoms with Crippen LogP contribution in [0.5, 0.6) is 0 Å². The van der Waals surface area contributed by atoms with Crippen molar-refractivity contribution in [3.8, 4) is 0 Å². The third-order valence-electron chi connectivity index (χ3n) is 4.49. The molecule has 1 rings (SSSR count). The highest BCUT2D eigenvalue weighted by atomic mass is 15.2. The van der Waals surface area contributed by atoms with Crippen molar-refractivity contribution in [3.63, 3.8) is 0 Å². The lowest BCUT2D eigenvalue weighted by atomic mass is 9.66. The molecule has 1 heteroatoms. The molecule has 17 heavy (non-hydrogen) atoms. The lowest BCUT2D eigenvalue weighted by Crippen LogP contribution is -2.40. The lowest BCUT2D eigenvalue weighted by molar-refractivity contribution is 0.115. The molecule has 1 aliphatic heterocycles. The first kappa shape index (κ1) is 15.0. The van der Waals surface area contributed by atoms with Crippen LogP contribution in [0.25, 0.3) is 0 Å². The van der Waals surface area contributed by atoms with Crippen LogP contribution in [0.2, 0.25) is 0 Å². The first-order valence-corrected chi connectivity index (χ1v) is 7.08. The van der Waals surface area contributed by atoms with Crippen molar-refractivity contribution in [1.82, 2.24) is 4.90 Å². The molecule has 0 spiro atoms. The van der Waals surface area contributed by atoms with Crippen LogP contribution in [0.3, 0.4) is 0 Å². The van der Waals surface area contributed by atoms with Gasteiger partial charge in [-0.15, -0.1) is 0 Å². The second-order valence-corrected chi connectivity index (χ2v) is 9.02. The minimum Gasteiger partial charge on any atom is -0.298 e. The van der Waals surface area contributed by atoms with Crippen LogP contribution < -0.4 is 0 Å². The first-order valence-electron chi connectivity index (χ1n) is 7.08. The SMILES string of the molecule is CC(C)(C)C1CN(C(C)(C)C)CC1C(C)(C)C. The molecular weight excluding hydrogens is 206 g/mol. The zero-order chi connectivity index (χ0) is 13.6. The van der Waals surface area contributed by atoms with Crippen molar-refractivity contribution in [1.29, 1.82) is 0 Å². The summed E-state index contributed by atoms with van der Waals surface area (Å²) in [5.74, 6) is 1.61. The Morgan fingerprint density at radius 2 is 0.941 bits per heavy atom. The second-order valence-electron chi connectivity index (χ2n) is 9.02. The van der Waals surface area contributed by atoms with Crippen LogP contribution in [-0.2, 0) is 0 Å². The van der Waals surface area contributed by atoms with Crippen LogP contribution >= 0.6 is 0 Å². The van der Waals surface area contributed by atoms with Gasteiger partial charge in [0.1, 0.15) is 0 Å². The van der Waals surface area contributed by atoms with Crippen molar-refractivity contribution in [2.24, 2.45) is 22.7 Å². The largest absolute Gasteiger partial charge is 0.298 e. The third kappa shape index (κ3) is 3.47. The molecule has 0 bridgehead atoms. The topological polar surface area (TPSA) is 3.24 Å². The third-order valence-corrected chi connectivity index (χ3v) is 4.49. The van der Waals surface area contributed by atoms with E-state index in [9.17, 15) is 0 Å². The van der Waals surface area contributed by atoms with Gasteiger partial charge in [0, 0.05) is 18.6 Å². The Hall–Kier alpha value is -0.0400. The summed E-state index contributed by atoms with van der Waals surface area (Å²) in [7, 11) is 0. The summed E-state index contributed by atoms with van der Waals surface area (Å²) in [6.45, 7) is 24.0. The second kappa shape index (κ2) is 4.26. The fraction of sp³-hybridized carbons (Fsp3) is 1.00. The molecule has 1 fully saturated rings. The normalized spacial score (nSPS) is 28.8. The van der Waals surface area contributed by atoms with Gasteiger partial charge in [0.2, 0.25) is 0 Å². The number of likely N-dealkylation sites (tertiary alicyclic amines) is 1. The van der Waals surface area contributed by atoms with Crippen molar-refractivity contribution in [3.05, 3.63) is 0 Å². The summed E-state index contributed by atoms with van der Waals surface area (Å²) in [6.07, 6.45) is 0. The average molecular weight is 239 g/mol. The zero-order valence-electron chi connectivity index (χ0n) is 13.5. The molecule has 1 nitrogen and oxygen atoms in total. The van der Waals surface area contributed by atoms with Crippen molar-refractivity contribution < 1.29 is 0 Å². The Labute approximate surface area is 109 Å². The van der Waals surface area contributed by atoms with E-state index < -0.39 is 0 Å². The van der Waals surface area contributed by atoms with Crippen LogP contribution in [0, 0.1) is 22.7 Å². The van der Waals surface area contributed by atoms with Gasteiger partial charge in [0.25, 0.3) is 0 Å². The van der Waals surface area contributed by atoms with Gasteiger partial charge in [-0.3, -0.25) is 4.90 Å². The molecule has 0 saturated carbocycles. The maximum atomic E-state index is 2.68. The number of hydrogen-bond donors (Lipinski definition) is 0. The zero-order valence-corrected chi connectivity index (χ0v) is 13.5. The van der Waals surface area contributed by atoms with Crippen LogP contribution in [0.4, 0.5) is 0 Å². The smallest absolute Gasteiger partial charge is 0.0125 e. The van der Waals surface area contributed by atoms with Gasteiger partial charge in [-0.05, 0) is 43.4 Å². The highest BCUT2D eigenvalue weighted by molar-refractivity contribution is 4.98. The lowest BCUT2D eigenvalue weighted by Gasteiger charge is -2.38. The van der Waals surface area contributed by atoms with E-state index in [1.165, 1.54) is 13.1 Å². The van der Waals surface area contributed by atoms with E-state index in [2.05, 4.69) is 67.2 Å². The molecule has 1 heterocycles. The standard InChI is InChI=1S/C16H33N/c1-14(2,3)12-10-17(16(7,8)9)11-13(12)15(4,5)6/h12-13H,10-11H2,1-9H3. The molecule has 0 amide bonds. The Morgan fingerprint density at radius 3 is 1.12 bits per heavy atom. The van der Waals surface area contributed by atoms with Crippen molar-refractivity contribution in [2.75, 3.05) is 13.1 Å². The van der Waals surface area contributed by atoms with Gasteiger partial charge in [-0.1, -0.05) is 41.5 Å². The van der Waals surface area contributed by atoms with E-state index in [-0.39, 0.29) is 0 Å². The van der Waals surface area contributed by atoms with Crippen LogP contribution in [0.15, 0.2) is 0 Å². The van der Waals surface area contributed by atoms with E-state index in [0.29, 0.717) is 16.4 Å². The Balaban J connectivity index is 2.96. The van der Waals surface area contributed by atoms with Crippen LogP contribution in [-0.4, -0.2) is 23.5 Å². The molecule has 0 aliphatic carbocycles. The Kier molecular flexibility index (Phi) is 3.76. The minimum atomic E-state index is 0.309. The summed E-state index contributed by atoms with van der Waals surface area (Å²) in [6, 6.07) is 0. The monoisotopic (exact) mass is 239 g/mol. The van der Waals surface area contributed by atoms with Gasteiger partial charge in [-0.2, -0.15) is 0 Å². The minimum absolute atomic E-state index is 0.309. The van der Waals surface area contributed by atoms with Crippen molar-refractivity contribution >= 4 is 0 Å². The van der Waals surface area contributed by atoms with E-state index in [4.69, 9.17) is 0 Å². The summed E-state index contributed by atoms with van der Waals surface area (Å²) < 4.78 is 0. The highest BCUT2D eigenvalue weighted by Gasteiger charge is 2.46. The molecular formula is C16H33N. The molecule has 0 aromatic heterocycles. The fourth-order valence-electron chi connectivity index (χ4n) is 3.11. The van der Waals surface area contributed by atoms with Gasteiger partial charge in [-0.25, -0.2) is 0 Å². The van der Waals surface area contributed by atoms with Gasteiger partial charge >= 0.3 is 0 Å². The molecule has 0 aromatic carbocycles. The molecule has 2 unspecified atom stereocenters. The number of hydrogen-bond acceptors (Lipinski definition) is 1. The van der Waals surface area contributed by atoms with Gasteiger partial charge < -0.3 is 0 Å². The molecule has 1 aliphatic rings. The predicted octanol–water partition coefficient (Wildman–Crippen LogP) is 4.43. The number of rotatable bonds is 0. The molecule has 2 atom stereocenters. The fourth-order valence-corrected chi connectivity index (χ4v) is 3.11. The molecule has 0 aromatic rings. The first-order chi connectivity index (χ1) is 7.33. The van der Waals surface area contributed by atoms with Crippen LogP contribution in [0.1, 0.15) is 62.3 Å². The molecule has 102 valence electrons. The quantitative estimate of drug-likeness (QED) is 0.604. The predicted molar refractivity (Wildman–Crippen MR) is 77.2 cm³/mol. The maximum absolute atomic E-state index is 2.68. The van der Waals surface area contributed by atoms with Gasteiger partial charge in [0.15, 0.2) is 0 Å². The molecule has 1 saturated heterocycles. The summed E-state index contributed by atoms with van der Waals surface area (Å²) >= 11 is 0. The maximum Gasteiger partial charge on any atom is 0.0125 e. The summed E-state index contributed by atoms with van der Waals surface area (Å²) in [4.78, 5) is 2.68. The summed E-state index contributed by atoms with van der Waals surface area (Å²) in [5.41, 5.74) is 1.14. The van der Waals surface area contributed by atoms with Crippen molar-refractivity contribution in [2.45, 2.75) is 67.9 Å². The van der Waals surface area contributed by atoms with Gasteiger partial charge in [0.05, 0.1) is 0 Å². The average Bonchev–Trinajstić information content (AvgIpc) is 2.42. The number of nitrogens with zero attached hydrogens (tertiary/aromatic N) is 1. The van der Waals surface area contributed by atoms with E-state index in [1.807, 2.05) is 0 Å². The van der Waals surface area contributed by atoms with E-state index >= 15 is 0 Å².